The van der Waals surface area contributed by atoms with Crippen LogP contribution in [-0.2, 0) is 35.8 Å². The Bertz CT molecular complexity index is 2190. The number of alkyl halides is 6. The minimum Gasteiger partial charge on any atom is -0.542 e. The molecule has 0 spiro atoms. The summed E-state index contributed by atoms with van der Waals surface area (Å²) in [7, 11) is 3.44. The van der Waals surface area contributed by atoms with E-state index in [4.69, 9.17) is 29.3 Å². The maximum absolute atomic E-state index is 10.5. The van der Waals surface area contributed by atoms with Crippen LogP contribution in [0.1, 0.15) is 22.3 Å². The molecule has 6 heterocycles. The van der Waals surface area contributed by atoms with Gasteiger partial charge in [0, 0.05) is 36.3 Å². The van der Waals surface area contributed by atoms with Crippen LogP contribution in [0.2, 0.25) is 0 Å². The number of carbonyl (C=O) groups excluding carboxylic acids is 2. The fraction of sp³-hybridized carbons (Fsp3) is 0.200. The lowest BCUT2D eigenvalue weighted by Crippen LogP contribution is -2.37. The van der Waals surface area contributed by atoms with E-state index in [0.29, 0.717) is 0 Å². The van der Waals surface area contributed by atoms with E-state index in [2.05, 4.69) is 117 Å². The summed E-state index contributed by atoms with van der Waals surface area (Å²) >= 11 is 0. The first-order valence-electron chi connectivity index (χ1n) is 16.8. The highest BCUT2D eigenvalue weighted by molar-refractivity contribution is 5.90. The number of pyridine rings is 2. The molecule has 4 N–H and O–H groups in total. The van der Waals surface area contributed by atoms with Gasteiger partial charge in [0.1, 0.15) is 23.4 Å². The van der Waals surface area contributed by atoms with Crippen molar-refractivity contribution in [1.29, 1.82) is 0 Å². The Labute approximate surface area is 321 Å². The van der Waals surface area contributed by atoms with Crippen molar-refractivity contribution in [2.45, 2.75) is 38.5 Å². The number of nitrogens with zero attached hydrogens (tertiary/aromatic N) is 2. The molecule has 0 amide bonds. The number of aromatic nitrogens is 2. The van der Waals surface area contributed by atoms with Crippen LogP contribution >= 0.6 is 0 Å². The molecule has 4 aromatic carbocycles. The van der Waals surface area contributed by atoms with Crippen molar-refractivity contribution in [3.8, 4) is 11.5 Å². The summed E-state index contributed by atoms with van der Waals surface area (Å²) in [6.45, 7) is 2.99. The van der Waals surface area contributed by atoms with Crippen LogP contribution < -0.4 is 39.5 Å². The molecule has 4 aliphatic heterocycles. The van der Waals surface area contributed by atoms with Crippen LogP contribution in [0.4, 0.5) is 37.7 Å². The average Bonchev–Trinajstić information content (AvgIpc) is 3.17. The summed E-state index contributed by atoms with van der Waals surface area (Å²) in [6.07, 6.45) is -6.05. The maximum atomic E-state index is 10.5. The molecule has 0 aliphatic carbocycles. The van der Waals surface area contributed by atoms with Crippen LogP contribution in [0.25, 0.3) is 21.8 Å². The Balaban J connectivity index is 0.000000413. The van der Waals surface area contributed by atoms with Gasteiger partial charge < -0.3 is 45.4 Å². The van der Waals surface area contributed by atoms with Crippen LogP contribution in [0.5, 0.6) is 11.5 Å². The van der Waals surface area contributed by atoms with Crippen molar-refractivity contribution >= 4 is 45.1 Å². The van der Waals surface area contributed by atoms with Gasteiger partial charge in [-0.1, -0.05) is 42.5 Å². The fourth-order valence-electron chi connectivity index (χ4n) is 5.85. The van der Waals surface area contributed by atoms with Gasteiger partial charge in [0.25, 0.3) is 0 Å². The number of fused-ring (bicyclic) bond motifs is 1. The lowest BCUT2D eigenvalue weighted by Gasteiger charge is -2.12. The molecule has 2 aromatic heterocycles. The van der Waals surface area contributed by atoms with Gasteiger partial charge >= 0.3 is 12.4 Å². The molecule has 0 saturated carbocycles. The molecule has 0 fully saturated rings. The number of hydrogen-bond acceptors (Lipinski definition) is 8. The van der Waals surface area contributed by atoms with Gasteiger partial charge in [0.2, 0.25) is 11.0 Å². The topological polar surface area (TPSA) is 162 Å². The number of carboxylic acids is 2. The van der Waals surface area contributed by atoms with E-state index < -0.39 is 24.3 Å². The van der Waals surface area contributed by atoms with E-state index in [1.54, 1.807) is 14.2 Å². The third-order valence-electron chi connectivity index (χ3n) is 8.60. The zero-order valence-electron chi connectivity index (χ0n) is 30.3. The van der Waals surface area contributed by atoms with E-state index in [9.17, 15) is 26.3 Å². The third kappa shape index (κ3) is 11.2. The highest BCUT2D eigenvalue weighted by Crippen LogP contribution is 2.28. The number of methoxy groups -OCH3 is 2. The van der Waals surface area contributed by atoms with Gasteiger partial charge in [-0.05, 0) is 41.5 Å². The summed E-state index contributed by atoms with van der Waals surface area (Å²) in [5.41, 5.74) is 9.42. The molecule has 57 heavy (non-hydrogen) atoms. The van der Waals surface area contributed by atoms with Gasteiger partial charge in [-0.15, -0.1) is 0 Å². The van der Waals surface area contributed by atoms with Crippen molar-refractivity contribution in [3.05, 3.63) is 132 Å². The molecule has 6 aromatic rings. The van der Waals surface area contributed by atoms with E-state index in [-0.39, 0.29) is 5.48 Å². The smallest absolute Gasteiger partial charge is 0.430 e. The minimum atomic E-state index is -5.19. The maximum Gasteiger partial charge on any atom is 0.430 e. The Morgan fingerprint density at radius 1 is 0.579 bits per heavy atom. The molecule has 4 aliphatic rings. The molecule has 10 rings (SSSR count). The predicted octanol–water partition coefficient (Wildman–Crippen LogP) is 3.99. The Hall–Kier alpha value is -6.62. The minimum absolute atomic E-state index is 0. The van der Waals surface area contributed by atoms with Crippen LogP contribution in [0.3, 0.4) is 0 Å². The molecule has 0 atom stereocenters. The normalized spacial score (nSPS) is 12.4. The van der Waals surface area contributed by atoms with Crippen LogP contribution in [0, 0.1) is 0 Å². The van der Waals surface area contributed by atoms with E-state index in [1.807, 2.05) is 12.1 Å². The van der Waals surface area contributed by atoms with Crippen molar-refractivity contribution in [1.82, 2.24) is 0 Å². The molecule has 8 bridgehead atoms. The van der Waals surface area contributed by atoms with Gasteiger partial charge in [0.05, 0.1) is 48.5 Å². The first-order valence-corrected chi connectivity index (χ1v) is 16.8. The average molecular weight is 799 g/mol. The van der Waals surface area contributed by atoms with Gasteiger partial charge in [-0.3, -0.25) is 0 Å². The Morgan fingerprint density at radius 2 is 0.947 bits per heavy atom. The second-order valence-electron chi connectivity index (χ2n) is 12.4. The van der Waals surface area contributed by atoms with Crippen molar-refractivity contribution in [3.63, 3.8) is 0 Å². The number of aliphatic carboxylic acids is 2. The van der Waals surface area contributed by atoms with Crippen LogP contribution in [-0.4, -0.2) is 44.0 Å². The number of benzene rings is 4. The Kier molecular flexibility index (Phi) is 13.9. The molecular weight excluding hydrogens is 762 g/mol. The van der Waals surface area contributed by atoms with E-state index >= 15 is 0 Å². The molecule has 0 saturated heterocycles. The van der Waals surface area contributed by atoms with Gasteiger partial charge in [-0.25, -0.2) is 0 Å². The SMILES string of the molecule is COc1ccc2c3cc[n+](c2c1)Cc1cccc(c1)C[n+]1ccc(c2ccc(OC)cc21)NCc1ccc(cc1)CN3.O.O=C([O-])C(F)(F)F.O=C([O-])C(F)(F)F. The summed E-state index contributed by atoms with van der Waals surface area (Å²) in [6, 6.07) is 34.6. The lowest BCUT2D eigenvalue weighted by atomic mass is 10.1. The summed E-state index contributed by atoms with van der Waals surface area (Å²) in [5.74, 6) is -4.32. The molecule has 11 nitrogen and oxygen atoms in total. The number of carboxylic acid groups (broad SMARTS) is 2. The first-order chi connectivity index (χ1) is 26.5. The molecule has 17 heteroatoms. The highest BCUT2D eigenvalue weighted by atomic mass is 19.4. The zero-order valence-corrected chi connectivity index (χ0v) is 30.3. The van der Waals surface area contributed by atoms with Crippen LogP contribution in [0.15, 0.2) is 109 Å². The predicted molar refractivity (Wildman–Crippen MR) is 193 cm³/mol. The summed E-state index contributed by atoms with van der Waals surface area (Å²) in [5, 5.41) is 27.2. The monoisotopic (exact) mass is 798 g/mol. The van der Waals surface area contributed by atoms with E-state index in [0.717, 1.165) is 70.9 Å². The third-order valence-corrected chi connectivity index (χ3v) is 8.60. The number of ether oxygens (including phenoxy) is 2. The molecular formula is C40H36F6N4O7. The summed E-state index contributed by atoms with van der Waals surface area (Å²) < 4.78 is 78.9. The zero-order chi connectivity index (χ0) is 40.6. The number of halogens is 6. The number of hydrogen-bond donors (Lipinski definition) is 2. The highest BCUT2D eigenvalue weighted by Gasteiger charge is 2.29. The number of nitrogens with one attached hydrogen (secondary N) is 2. The van der Waals surface area contributed by atoms with Crippen molar-refractivity contribution in [2.75, 3.05) is 24.9 Å². The second-order valence-corrected chi connectivity index (χ2v) is 12.4. The molecule has 0 unspecified atom stereocenters. The molecule has 300 valence electrons. The lowest BCUT2D eigenvalue weighted by molar-refractivity contribution is -0.663. The number of carbonyl (C=O) groups is 2. The largest absolute Gasteiger partial charge is 0.542 e. The Morgan fingerprint density at radius 3 is 1.28 bits per heavy atom. The fourth-order valence-corrected chi connectivity index (χ4v) is 5.85. The standard InChI is InChI=1S/C36H32N4O2.2C2HF3O2.H2O/c1-41-29-10-12-31-33-14-16-39(35(31)19-29)23-27-4-3-5-28(18-27)24-40-17-15-34(32-13-11-30(42-2)20-36(32)40)38-22-26-8-6-25(7-9-26)21-37-33;2*3-2(4,5)1(6)7;/h3-20H,21-24H2,1-2H3;2*(H,6,7);1H2. The number of rotatable bonds is 2. The van der Waals surface area contributed by atoms with Gasteiger partial charge in [-0.2, -0.15) is 35.5 Å². The van der Waals surface area contributed by atoms with E-state index in [1.165, 1.54) is 22.3 Å². The first kappa shape index (κ1) is 43.1. The van der Waals surface area contributed by atoms with Gasteiger partial charge in [0.15, 0.2) is 25.5 Å². The van der Waals surface area contributed by atoms with Crippen molar-refractivity contribution in [2.24, 2.45) is 0 Å². The van der Waals surface area contributed by atoms with Crippen molar-refractivity contribution < 1.29 is 70.2 Å². The number of anilines is 2. The second kappa shape index (κ2) is 18.3. The molecule has 0 radical (unpaired) electrons. The quantitative estimate of drug-likeness (QED) is 0.197. The summed E-state index contributed by atoms with van der Waals surface area (Å²) in [4.78, 5) is 17.6.